The van der Waals surface area contributed by atoms with Crippen molar-refractivity contribution >= 4 is 29.4 Å². The first kappa shape index (κ1) is 24.9. The molecule has 1 saturated carbocycles. The number of rotatable bonds is 7. The number of amides is 2. The Morgan fingerprint density at radius 3 is 2.78 bits per heavy atom. The van der Waals surface area contributed by atoms with Crippen LogP contribution in [-0.2, 0) is 16.1 Å². The van der Waals surface area contributed by atoms with Crippen molar-refractivity contribution in [2.75, 3.05) is 31.6 Å². The van der Waals surface area contributed by atoms with Crippen molar-refractivity contribution < 1.29 is 19.4 Å². The van der Waals surface area contributed by atoms with Crippen LogP contribution in [0.4, 0.5) is 5.95 Å². The number of aromatic nitrogens is 2. The highest BCUT2D eigenvalue weighted by Gasteiger charge is 2.32. The summed E-state index contributed by atoms with van der Waals surface area (Å²) in [6.07, 6.45) is 7.79. The fourth-order valence-electron chi connectivity index (χ4n) is 5.18. The van der Waals surface area contributed by atoms with E-state index in [0.29, 0.717) is 54.8 Å². The number of hydrogen-bond donors (Lipinski definition) is 3. The summed E-state index contributed by atoms with van der Waals surface area (Å²) < 4.78 is 5.41. The number of ether oxygens (including phenoxy) is 1. The Kier molecular flexibility index (Phi) is 7.41. The zero-order valence-electron chi connectivity index (χ0n) is 20.3. The lowest BCUT2D eigenvalue weighted by Gasteiger charge is -2.32. The van der Waals surface area contributed by atoms with E-state index >= 15 is 0 Å². The lowest BCUT2D eigenvalue weighted by atomic mass is 9.85. The van der Waals surface area contributed by atoms with Gasteiger partial charge in [-0.05, 0) is 37.3 Å². The normalized spacial score (nSPS) is 19.7. The minimum Gasteiger partial charge on any atom is -0.388 e. The second-order valence-electron chi connectivity index (χ2n) is 10.0. The number of nitrogens with one attached hydrogen (secondary N) is 2. The molecule has 5 rings (SSSR count). The summed E-state index contributed by atoms with van der Waals surface area (Å²) in [6.45, 7) is 1.95. The molecule has 9 nitrogen and oxygen atoms in total. The number of benzene rings is 1. The summed E-state index contributed by atoms with van der Waals surface area (Å²) in [5.41, 5.74) is 1.83. The molecule has 0 spiro atoms. The van der Waals surface area contributed by atoms with E-state index in [1.54, 1.807) is 12.3 Å². The van der Waals surface area contributed by atoms with Gasteiger partial charge in [0.2, 0.25) is 11.9 Å². The highest BCUT2D eigenvalue weighted by atomic mass is 35.5. The molecule has 2 aliphatic heterocycles. The third-order valence-corrected chi connectivity index (χ3v) is 7.57. The second kappa shape index (κ2) is 10.7. The van der Waals surface area contributed by atoms with E-state index in [2.05, 4.69) is 20.6 Å². The zero-order valence-corrected chi connectivity index (χ0v) is 21.0. The van der Waals surface area contributed by atoms with Gasteiger partial charge in [0.25, 0.3) is 5.91 Å². The van der Waals surface area contributed by atoms with Gasteiger partial charge in [-0.1, -0.05) is 43.0 Å². The maximum absolute atomic E-state index is 13.1. The van der Waals surface area contributed by atoms with Crippen LogP contribution >= 0.6 is 11.6 Å². The molecule has 3 heterocycles. The molecule has 0 bridgehead atoms. The van der Waals surface area contributed by atoms with Crippen molar-refractivity contribution in [3.8, 4) is 11.3 Å². The highest BCUT2D eigenvalue weighted by molar-refractivity contribution is 6.33. The van der Waals surface area contributed by atoms with Gasteiger partial charge >= 0.3 is 0 Å². The van der Waals surface area contributed by atoms with E-state index in [1.807, 2.05) is 12.1 Å². The maximum atomic E-state index is 13.1. The SMILES string of the molecule is O=C(CN1Cc2ccc(-c3nc(NC4CCOCC4)ncc3Cl)cc2C1=O)NCC1(O)CCCCC1. The van der Waals surface area contributed by atoms with E-state index in [0.717, 1.165) is 43.2 Å². The predicted octanol–water partition coefficient (Wildman–Crippen LogP) is 3.16. The van der Waals surface area contributed by atoms with Gasteiger partial charge < -0.3 is 25.4 Å². The number of hydrogen-bond acceptors (Lipinski definition) is 7. The van der Waals surface area contributed by atoms with Crippen LogP contribution in [0.2, 0.25) is 5.02 Å². The van der Waals surface area contributed by atoms with Crippen LogP contribution in [0.3, 0.4) is 0 Å². The molecule has 2 fully saturated rings. The minimum atomic E-state index is -0.837. The quantitative estimate of drug-likeness (QED) is 0.520. The average Bonchev–Trinajstić information content (AvgIpc) is 3.19. The van der Waals surface area contributed by atoms with Gasteiger partial charge in [-0.25, -0.2) is 9.97 Å². The topological polar surface area (TPSA) is 117 Å². The monoisotopic (exact) mass is 513 g/mol. The molecular formula is C26H32ClN5O4. The summed E-state index contributed by atoms with van der Waals surface area (Å²) in [5.74, 6) is 0.0215. The number of carbonyl (C=O) groups excluding carboxylic acids is 2. The lowest BCUT2D eigenvalue weighted by molar-refractivity contribution is -0.123. The van der Waals surface area contributed by atoms with E-state index in [4.69, 9.17) is 16.3 Å². The van der Waals surface area contributed by atoms with Gasteiger partial charge in [0.1, 0.15) is 6.54 Å². The molecule has 3 N–H and O–H groups in total. The molecule has 10 heteroatoms. The molecular weight excluding hydrogens is 482 g/mol. The largest absolute Gasteiger partial charge is 0.388 e. The first-order valence-corrected chi connectivity index (χ1v) is 13.1. The van der Waals surface area contributed by atoms with Crippen molar-refractivity contribution in [3.63, 3.8) is 0 Å². The van der Waals surface area contributed by atoms with Crippen LogP contribution in [0, 0.1) is 0 Å². The van der Waals surface area contributed by atoms with Gasteiger partial charge in [0.05, 0.1) is 22.5 Å². The zero-order chi connectivity index (χ0) is 25.1. The Hall–Kier alpha value is -2.75. The van der Waals surface area contributed by atoms with E-state index in [1.165, 1.54) is 4.90 Å². The van der Waals surface area contributed by atoms with Crippen LogP contribution in [0.15, 0.2) is 24.4 Å². The summed E-state index contributed by atoms with van der Waals surface area (Å²) in [4.78, 5) is 36.1. The summed E-state index contributed by atoms with van der Waals surface area (Å²) >= 11 is 6.43. The maximum Gasteiger partial charge on any atom is 0.254 e. The Labute approximate surface area is 215 Å². The first-order chi connectivity index (χ1) is 17.4. The van der Waals surface area contributed by atoms with Crippen LogP contribution < -0.4 is 10.6 Å². The Morgan fingerprint density at radius 1 is 1.22 bits per heavy atom. The first-order valence-electron chi connectivity index (χ1n) is 12.7. The highest BCUT2D eigenvalue weighted by Crippen LogP contribution is 2.32. The standard InChI is InChI=1S/C26H32ClN5O4/c27-21-13-28-25(30-19-6-10-36-11-7-19)31-23(21)17-4-5-18-14-32(24(34)20(18)12-17)15-22(33)29-16-26(35)8-2-1-3-9-26/h4-5,12-13,19,35H,1-3,6-11,14-16H2,(H,29,33)(H,28,30,31). The fourth-order valence-corrected chi connectivity index (χ4v) is 5.38. The van der Waals surface area contributed by atoms with Gasteiger partial charge in [-0.15, -0.1) is 0 Å². The molecule has 1 aromatic carbocycles. The minimum absolute atomic E-state index is 0.0492. The fraction of sp³-hybridized carbons (Fsp3) is 0.538. The summed E-state index contributed by atoms with van der Waals surface area (Å²) in [5, 5.41) is 17.2. The molecule has 192 valence electrons. The van der Waals surface area contributed by atoms with Crippen LogP contribution in [0.25, 0.3) is 11.3 Å². The molecule has 0 unspecified atom stereocenters. The second-order valence-corrected chi connectivity index (χ2v) is 10.4. The molecule has 3 aliphatic rings. The number of carbonyl (C=O) groups is 2. The lowest BCUT2D eigenvalue weighted by Crippen LogP contribution is -2.47. The van der Waals surface area contributed by atoms with Crippen molar-refractivity contribution in [2.45, 2.75) is 63.1 Å². The van der Waals surface area contributed by atoms with Gasteiger partial charge in [-0.2, -0.15) is 0 Å². The van der Waals surface area contributed by atoms with Gasteiger partial charge in [0.15, 0.2) is 0 Å². The third kappa shape index (κ3) is 5.63. The molecule has 0 radical (unpaired) electrons. The Balaban J connectivity index is 1.24. The molecule has 1 aromatic heterocycles. The predicted molar refractivity (Wildman–Crippen MR) is 136 cm³/mol. The van der Waals surface area contributed by atoms with Crippen molar-refractivity contribution in [1.29, 1.82) is 0 Å². The smallest absolute Gasteiger partial charge is 0.254 e. The third-order valence-electron chi connectivity index (χ3n) is 7.29. The summed E-state index contributed by atoms with van der Waals surface area (Å²) in [7, 11) is 0. The number of halogens is 1. The van der Waals surface area contributed by atoms with E-state index in [9.17, 15) is 14.7 Å². The van der Waals surface area contributed by atoms with E-state index in [-0.39, 0.29) is 30.9 Å². The Bertz CT molecular complexity index is 1130. The van der Waals surface area contributed by atoms with Crippen LogP contribution in [0.1, 0.15) is 60.9 Å². The molecule has 1 aliphatic carbocycles. The molecule has 2 amide bonds. The molecule has 36 heavy (non-hydrogen) atoms. The molecule has 0 atom stereocenters. The van der Waals surface area contributed by atoms with Crippen molar-refractivity contribution in [3.05, 3.63) is 40.5 Å². The Morgan fingerprint density at radius 2 is 2.00 bits per heavy atom. The van der Waals surface area contributed by atoms with E-state index < -0.39 is 5.60 Å². The molecule has 2 aromatic rings. The average molecular weight is 514 g/mol. The number of nitrogens with zero attached hydrogens (tertiary/aromatic N) is 3. The summed E-state index contributed by atoms with van der Waals surface area (Å²) in [6, 6.07) is 5.80. The number of fused-ring (bicyclic) bond motifs is 1. The van der Waals surface area contributed by atoms with Crippen LogP contribution in [-0.4, -0.2) is 69.7 Å². The van der Waals surface area contributed by atoms with Crippen molar-refractivity contribution in [2.24, 2.45) is 0 Å². The van der Waals surface area contributed by atoms with Crippen LogP contribution in [0.5, 0.6) is 0 Å². The molecule has 1 saturated heterocycles. The number of anilines is 1. The van der Waals surface area contributed by atoms with Gasteiger partial charge in [-0.3, -0.25) is 9.59 Å². The number of aliphatic hydroxyl groups is 1. The van der Waals surface area contributed by atoms with Gasteiger partial charge in [0, 0.05) is 43.5 Å². The van der Waals surface area contributed by atoms with Crippen molar-refractivity contribution in [1.82, 2.24) is 20.2 Å².